The van der Waals surface area contributed by atoms with Crippen molar-refractivity contribution in [3.05, 3.63) is 88.5 Å². The average molecular weight is 387 g/mol. The molecule has 0 spiro atoms. The largest absolute Gasteiger partial charge is 0.497 e. The molecule has 2 aromatic heterocycles. The first-order valence-corrected chi connectivity index (χ1v) is 9.68. The number of hydrogen-bond donors (Lipinski definition) is 0. The van der Waals surface area contributed by atoms with Gasteiger partial charge in [0.1, 0.15) is 11.3 Å². The lowest BCUT2D eigenvalue weighted by molar-refractivity contribution is 0.415. The fraction of sp³-hybridized carbons (Fsp3) is 0.250. The summed E-state index contributed by atoms with van der Waals surface area (Å²) in [6, 6.07) is 18.0. The predicted molar refractivity (Wildman–Crippen MR) is 116 cm³/mol. The molecule has 5 nitrogen and oxygen atoms in total. The van der Waals surface area contributed by atoms with E-state index < -0.39 is 0 Å². The van der Waals surface area contributed by atoms with E-state index in [9.17, 15) is 4.79 Å². The van der Waals surface area contributed by atoms with Crippen LogP contribution < -0.4 is 10.3 Å². The lowest BCUT2D eigenvalue weighted by Crippen LogP contribution is -2.21. The van der Waals surface area contributed by atoms with Crippen molar-refractivity contribution >= 4 is 5.52 Å². The number of fused-ring (bicyclic) bond motifs is 1. The molecule has 0 N–H and O–H groups in total. The van der Waals surface area contributed by atoms with Crippen molar-refractivity contribution in [2.24, 2.45) is 0 Å². The van der Waals surface area contributed by atoms with Gasteiger partial charge < -0.3 is 9.30 Å². The molecule has 0 aliphatic heterocycles. The Bertz CT molecular complexity index is 1210. The molecule has 0 atom stereocenters. The third-order valence-corrected chi connectivity index (χ3v) is 5.14. The summed E-state index contributed by atoms with van der Waals surface area (Å²) < 4.78 is 8.64. The van der Waals surface area contributed by atoms with Crippen LogP contribution in [0.3, 0.4) is 0 Å². The van der Waals surface area contributed by atoms with Gasteiger partial charge in [-0.3, -0.25) is 4.79 Å². The van der Waals surface area contributed by atoms with Gasteiger partial charge in [0, 0.05) is 18.0 Å². The zero-order chi connectivity index (χ0) is 20.6. The minimum absolute atomic E-state index is 0.0611. The molecule has 0 aliphatic carbocycles. The van der Waals surface area contributed by atoms with Gasteiger partial charge in [0.25, 0.3) is 5.56 Å². The number of rotatable bonds is 4. The van der Waals surface area contributed by atoms with Crippen molar-refractivity contribution in [2.75, 3.05) is 7.11 Å². The molecule has 5 heteroatoms. The van der Waals surface area contributed by atoms with Crippen LogP contribution in [0.15, 0.2) is 71.8 Å². The minimum Gasteiger partial charge on any atom is -0.497 e. The van der Waals surface area contributed by atoms with E-state index in [1.807, 2.05) is 36.5 Å². The lowest BCUT2D eigenvalue weighted by Gasteiger charge is -2.19. The number of methoxy groups -OCH3 is 1. The molecule has 2 aromatic carbocycles. The highest BCUT2D eigenvalue weighted by atomic mass is 16.5. The quantitative estimate of drug-likeness (QED) is 0.517. The maximum atomic E-state index is 13.0. The Morgan fingerprint density at radius 2 is 1.76 bits per heavy atom. The summed E-state index contributed by atoms with van der Waals surface area (Å²) in [6.45, 7) is 7.11. The molecule has 4 rings (SSSR count). The molecule has 0 bridgehead atoms. The number of aromatic nitrogens is 3. The maximum absolute atomic E-state index is 13.0. The van der Waals surface area contributed by atoms with Crippen LogP contribution in [0.2, 0.25) is 0 Å². The first kappa shape index (κ1) is 19.0. The third kappa shape index (κ3) is 3.81. The Morgan fingerprint density at radius 1 is 1.00 bits per heavy atom. The van der Waals surface area contributed by atoms with Crippen molar-refractivity contribution in [2.45, 2.75) is 32.7 Å². The SMILES string of the molecule is COc1cccc(-c2cc3c(=O)n(Cc4ccc(C(C)(C)C)cc4)ccn3n2)c1. The molecule has 0 fully saturated rings. The van der Waals surface area contributed by atoms with E-state index in [2.05, 4.69) is 50.1 Å². The van der Waals surface area contributed by atoms with Gasteiger partial charge in [-0.05, 0) is 34.7 Å². The number of nitrogens with zero attached hydrogens (tertiary/aromatic N) is 3. The van der Waals surface area contributed by atoms with Crippen LogP contribution in [0.25, 0.3) is 16.8 Å². The number of hydrogen-bond acceptors (Lipinski definition) is 3. The first-order chi connectivity index (χ1) is 13.8. The van der Waals surface area contributed by atoms with Crippen molar-refractivity contribution in [3.8, 4) is 17.0 Å². The van der Waals surface area contributed by atoms with Crippen LogP contribution in [0.1, 0.15) is 31.9 Å². The smallest absolute Gasteiger partial charge is 0.276 e. The molecule has 0 aliphatic rings. The zero-order valence-electron chi connectivity index (χ0n) is 17.2. The Morgan fingerprint density at radius 3 is 2.45 bits per heavy atom. The van der Waals surface area contributed by atoms with Gasteiger partial charge in [-0.1, -0.05) is 57.2 Å². The molecule has 0 radical (unpaired) electrons. The molecule has 0 amide bonds. The predicted octanol–water partition coefficient (Wildman–Crippen LogP) is 4.52. The van der Waals surface area contributed by atoms with E-state index in [1.165, 1.54) is 5.56 Å². The second-order valence-electron chi connectivity index (χ2n) is 8.27. The second-order valence-corrected chi connectivity index (χ2v) is 8.27. The van der Waals surface area contributed by atoms with Crippen molar-refractivity contribution in [1.82, 2.24) is 14.2 Å². The van der Waals surface area contributed by atoms with Gasteiger partial charge >= 0.3 is 0 Å². The van der Waals surface area contributed by atoms with Crippen LogP contribution in [0, 0.1) is 0 Å². The monoisotopic (exact) mass is 387 g/mol. The van der Waals surface area contributed by atoms with E-state index >= 15 is 0 Å². The number of ether oxygens (including phenoxy) is 1. The number of benzene rings is 2. The lowest BCUT2D eigenvalue weighted by atomic mass is 9.87. The van der Waals surface area contributed by atoms with Crippen LogP contribution in [0.5, 0.6) is 5.75 Å². The van der Waals surface area contributed by atoms with E-state index in [0.717, 1.165) is 22.6 Å². The minimum atomic E-state index is -0.0611. The van der Waals surface area contributed by atoms with E-state index in [-0.39, 0.29) is 11.0 Å². The standard InChI is InChI=1S/C24H25N3O2/c1-24(2,3)19-10-8-17(9-11-19)16-26-12-13-27-22(23(26)28)15-21(25-27)18-6-5-7-20(14-18)29-4/h5-15H,16H2,1-4H3. The van der Waals surface area contributed by atoms with Gasteiger partial charge in [-0.15, -0.1) is 0 Å². The summed E-state index contributed by atoms with van der Waals surface area (Å²) in [6.07, 6.45) is 3.61. The maximum Gasteiger partial charge on any atom is 0.276 e. The molecule has 0 unspecified atom stereocenters. The van der Waals surface area contributed by atoms with E-state index in [0.29, 0.717) is 12.1 Å². The van der Waals surface area contributed by atoms with Crippen LogP contribution in [-0.4, -0.2) is 21.3 Å². The molecule has 2 heterocycles. The van der Waals surface area contributed by atoms with Gasteiger partial charge in [-0.2, -0.15) is 5.10 Å². The van der Waals surface area contributed by atoms with Crippen molar-refractivity contribution in [3.63, 3.8) is 0 Å². The van der Waals surface area contributed by atoms with E-state index in [1.54, 1.807) is 22.4 Å². The Labute approximate surface area is 170 Å². The fourth-order valence-electron chi connectivity index (χ4n) is 3.38. The van der Waals surface area contributed by atoms with Gasteiger partial charge in [0.05, 0.1) is 19.3 Å². The molecule has 29 heavy (non-hydrogen) atoms. The average Bonchev–Trinajstić information content (AvgIpc) is 3.15. The molecular formula is C24H25N3O2. The Balaban J connectivity index is 1.66. The summed E-state index contributed by atoms with van der Waals surface area (Å²) in [7, 11) is 1.63. The third-order valence-electron chi connectivity index (χ3n) is 5.14. The van der Waals surface area contributed by atoms with Gasteiger partial charge in [0.15, 0.2) is 0 Å². The topological polar surface area (TPSA) is 48.5 Å². The molecule has 4 aromatic rings. The second kappa shape index (κ2) is 7.24. The Kier molecular flexibility index (Phi) is 4.74. The summed E-state index contributed by atoms with van der Waals surface area (Å²) in [5.41, 5.74) is 4.64. The first-order valence-electron chi connectivity index (χ1n) is 9.68. The van der Waals surface area contributed by atoms with Crippen molar-refractivity contribution in [1.29, 1.82) is 0 Å². The summed E-state index contributed by atoms with van der Waals surface area (Å²) in [4.78, 5) is 13.0. The van der Waals surface area contributed by atoms with Crippen LogP contribution in [0.4, 0.5) is 0 Å². The fourth-order valence-corrected chi connectivity index (χ4v) is 3.38. The van der Waals surface area contributed by atoms with Crippen LogP contribution in [-0.2, 0) is 12.0 Å². The van der Waals surface area contributed by atoms with E-state index in [4.69, 9.17) is 4.74 Å². The van der Waals surface area contributed by atoms with Gasteiger partial charge in [-0.25, -0.2) is 4.52 Å². The molecule has 148 valence electrons. The molecule has 0 saturated carbocycles. The molecular weight excluding hydrogens is 362 g/mol. The summed E-state index contributed by atoms with van der Waals surface area (Å²) >= 11 is 0. The van der Waals surface area contributed by atoms with Crippen LogP contribution >= 0.6 is 0 Å². The zero-order valence-corrected chi connectivity index (χ0v) is 17.2. The summed E-state index contributed by atoms with van der Waals surface area (Å²) in [5, 5.41) is 4.55. The Hall–Kier alpha value is -3.34. The van der Waals surface area contributed by atoms with Crippen molar-refractivity contribution < 1.29 is 4.74 Å². The highest BCUT2D eigenvalue weighted by molar-refractivity contribution is 5.66. The normalized spacial score (nSPS) is 11.7. The molecule has 0 saturated heterocycles. The summed E-state index contributed by atoms with van der Waals surface area (Å²) in [5.74, 6) is 0.760. The van der Waals surface area contributed by atoms with Gasteiger partial charge in [0.2, 0.25) is 0 Å². The highest BCUT2D eigenvalue weighted by Crippen LogP contribution is 2.24. The highest BCUT2D eigenvalue weighted by Gasteiger charge is 2.13.